The van der Waals surface area contributed by atoms with E-state index in [0.29, 0.717) is 38.8 Å². The van der Waals surface area contributed by atoms with Gasteiger partial charge in [0.15, 0.2) is 0 Å². The van der Waals surface area contributed by atoms with E-state index in [-0.39, 0.29) is 11.5 Å². The minimum Gasteiger partial charge on any atom is -0.367 e. The topological polar surface area (TPSA) is 66.7 Å². The smallest absolute Gasteiger partial charge is 0.267 e. The molecule has 2 aromatic heterocycles. The van der Waals surface area contributed by atoms with E-state index < -0.39 is 0 Å². The number of unbranched alkanes of at least 4 members (excludes halogenated alkanes) is 2. The molecule has 1 amide bonds. The molecule has 1 aliphatic heterocycles. The van der Waals surface area contributed by atoms with Gasteiger partial charge < -0.3 is 5.32 Å². The Balaban J connectivity index is 1.70. The van der Waals surface area contributed by atoms with Gasteiger partial charge >= 0.3 is 0 Å². The molecule has 2 aromatic rings. The summed E-state index contributed by atoms with van der Waals surface area (Å²) in [4.78, 5) is 33.2. The van der Waals surface area contributed by atoms with Gasteiger partial charge in [-0.15, -0.1) is 0 Å². The van der Waals surface area contributed by atoms with Crippen LogP contribution in [0.1, 0.15) is 63.9 Å². The Hall–Kier alpha value is -2.19. The van der Waals surface area contributed by atoms with Crippen molar-refractivity contribution in [3.63, 3.8) is 0 Å². The number of pyridine rings is 1. The number of rotatable bonds is 7. The largest absolute Gasteiger partial charge is 0.367 e. The van der Waals surface area contributed by atoms with Crippen LogP contribution in [0.2, 0.25) is 0 Å². The molecule has 0 aromatic carbocycles. The summed E-state index contributed by atoms with van der Waals surface area (Å²) in [5.74, 6) is 0.437. The van der Waals surface area contributed by atoms with Crippen molar-refractivity contribution in [1.82, 2.24) is 14.3 Å². The van der Waals surface area contributed by atoms with E-state index in [2.05, 4.69) is 12.2 Å². The second-order valence-electron chi connectivity index (χ2n) is 8.13. The molecular formula is C23H28N4O2S2. The quantitative estimate of drug-likeness (QED) is 0.366. The SMILES string of the molecule is CCCCCN1C(=O)/C(=C\c2c(NC3CCCCC3)nc3ccccn3c2=O)SC1=S. The highest BCUT2D eigenvalue weighted by atomic mass is 32.2. The summed E-state index contributed by atoms with van der Waals surface area (Å²) in [5, 5.41) is 3.50. The average Bonchev–Trinajstić information content (AvgIpc) is 3.04. The number of fused-ring (bicyclic) bond motifs is 1. The first-order chi connectivity index (χ1) is 15.1. The van der Waals surface area contributed by atoms with Crippen molar-refractivity contribution in [1.29, 1.82) is 0 Å². The van der Waals surface area contributed by atoms with Crippen molar-refractivity contribution in [2.75, 3.05) is 11.9 Å². The van der Waals surface area contributed by atoms with E-state index in [0.717, 1.165) is 32.1 Å². The fourth-order valence-corrected chi connectivity index (χ4v) is 5.42. The van der Waals surface area contributed by atoms with Crippen LogP contribution >= 0.6 is 24.0 Å². The molecule has 2 aliphatic rings. The maximum atomic E-state index is 13.3. The Morgan fingerprint density at radius 2 is 2.03 bits per heavy atom. The Morgan fingerprint density at radius 3 is 2.81 bits per heavy atom. The number of carbonyl (C=O) groups excluding carboxylic acids is 1. The van der Waals surface area contributed by atoms with E-state index in [9.17, 15) is 9.59 Å². The minimum absolute atomic E-state index is 0.118. The summed E-state index contributed by atoms with van der Waals surface area (Å²) in [5.41, 5.74) is 0.832. The third kappa shape index (κ3) is 4.85. The van der Waals surface area contributed by atoms with Crippen LogP contribution in [0, 0.1) is 0 Å². The third-order valence-corrected chi connectivity index (χ3v) is 7.23. The molecule has 4 rings (SSSR count). The molecule has 3 heterocycles. The molecule has 1 N–H and O–H groups in total. The van der Waals surface area contributed by atoms with E-state index in [1.54, 1.807) is 23.2 Å². The molecule has 1 aliphatic carbocycles. The first-order valence-electron chi connectivity index (χ1n) is 11.1. The number of hydrogen-bond acceptors (Lipinski definition) is 6. The predicted octanol–water partition coefficient (Wildman–Crippen LogP) is 4.83. The van der Waals surface area contributed by atoms with Gasteiger partial charge in [-0.1, -0.05) is 69.1 Å². The van der Waals surface area contributed by atoms with Crippen LogP contribution in [0.4, 0.5) is 5.82 Å². The number of carbonyl (C=O) groups is 1. The van der Waals surface area contributed by atoms with Crippen molar-refractivity contribution in [2.45, 2.75) is 64.3 Å². The zero-order valence-corrected chi connectivity index (χ0v) is 19.4. The molecule has 6 nitrogen and oxygen atoms in total. The molecule has 0 radical (unpaired) electrons. The van der Waals surface area contributed by atoms with Gasteiger partial charge in [0.2, 0.25) is 0 Å². The molecule has 0 unspecified atom stereocenters. The van der Waals surface area contributed by atoms with Gasteiger partial charge in [-0.05, 0) is 37.5 Å². The van der Waals surface area contributed by atoms with Gasteiger partial charge in [-0.2, -0.15) is 0 Å². The Bertz CT molecular complexity index is 1070. The molecule has 2 fully saturated rings. The maximum absolute atomic E-state index is 13.3. The second-order valence-corrected chi connectivity index (χ2v) is 9.80. The highest BCUT2D eigenvalue weighted by Crippen LogP contribution is 2.33. The molecule has 0 atom stereocenters. The fraction of sp³-hybridized carbons (Fsp3) is 0.478. The second kappa shape index (κ2) is 9.96. The molecule has 1 saturated heterocycles. The summed E-state index contributed by atoms with van der Waals surface area (Å²) in [6.45, 7) is 2.75. The summed E-state index contributed by atoms with van der Waals surface area (Å²) in [6.07, 6.45) is 12.2. The predicted molar refractivity (Wildman–Crippen MR) is 131 cm³/mol. The standard InChI is InChI=1S/C23H28N4O2S2/c1-2-3-8-14-27-22(29)18(31-23(27)30)15-17-20(24-16-10-5-4-6-11-16)25-19-12-7-9-13-26(19)21(17)28/h7,9,12-13,15-16,24H,2-6,8,10-11,14H2,1H3/b18-15+. The van der Waals surface area contributed by atoms with Crippen LogP contribution < -0.4 is 10.9 Å². The fourth-order valence-electron chi connectivity index (χ4n) is 4.13. The Kier molecular flexibility index (Phi) is 7.07. The van der Waals surface area contributed by atoms with Gasteiger partial charge in [-0.3, -0.25) is 18.9 Å². The van der Waals surface area contributed by atoms with Crippen LogP contribution in [-0.4, -0.2) is 37.1 Å². The van der Waals surface area contributed by atoms with Gasteiger partial charge in [0.1, 0.15) is 15.8 Å². The first kappa shape index (κ1) is 22.0. The molecule has 0 spiro atoms. The maximum Gasteiger partial charge on any atom is 0.267 e. The number of thioether (sulfide) groups is 1. The molecule has 0 bridgehead atoms. The highest BCUT2D eigenvalue weighted by Gasteiger charge is 2.32. The number of amides is 1. The number of nitrogens with zero attached hydrogens (tertiary/aromatic N) is 3. The summed E-state index contributed by atoms with van der Waals surface area (Å²) in [7, 11) is 0. The van der Waals surface area contributed by atoms with Crippen molar-refractivity contribution in [3.8, 4) is 0 Å². The first-order valence-corrected chi connectivity index (χ1v) is 12.3. The average molecular weight is 457 g/mol. The van der Waals surface area contributed by atoms with Crippen LogP contribution in [0.25, 0.3) is 11.7 Å². The number of anilines is 1. The number of hydrogen-bond donors (Lipinski definition) is 1. The van der Waals surface area contributed by atoms with Crippen molar-refractivity contribution in [3.05, 3.63) is 45.2 Å². The minimum atomic E-state index is -0.180. The zero-order valence-electron chi connectivity index (χ0n) is 17.8. The Labute approximate surface area is 192 Å². The normalized spacial score (nSPS) is 19.0. The van der Waals surface area contributed by atoms with Crippen molar-refractivity contribution >= 4 is 51.7 Å². The lowest BCUT2D eigenvalue weighted by Gasteiger charge is -2.24. The van der Waals surface area contributed by atoms with Gasteiger partial charge in [0, 0.05) is 18.8 Å². The summed E-state index contributed by atoms with van der Waals surface area (Å²) >= 11 is 6.72. The molecule has 8 heteroatoms. The van der Waals surface area contributed by atoms with Gasteiger partial charge in [-0.25, -0.2) is 4.98 Å². The molecule has 164 valence electrons. The molecule has 31 heavy (non-hydrogen) atoms. The lowest BCUT2D eigenvalue weighted by Crippen LogP contribution is -2.29. The molecular weight excluding hydrogens is 428 g/mol. The van der Waals surface area contributed by atoms with Crippen LogP contribution in [-0.2, 0) is 4.79 Å². The lowest BCUT2D eigenvalue weighted by molar-refractivity contribution is -0.122. The van der Waals surface area contributed by atoms with E-state index in [4.69, 9.17) is 17.2 Å². The number of thiocarbonyl (C=S) groups is 1. The third-order valence-electron chi connectivity index (χ3n) is 5.85. The van der Waals surface area contributed by atoms with Crippen molar-refractivity contribution in [2.24, 2.45) is 0 Å². The van der Waals surface area contributed by atoms with E-state index in [1.165, 1.54) is 35.4 Å². The van der Waals surface area contributed by atoms with Crippen LogP contribution in [0.5, 0.6) is 0 Å². The monoisotopic (exact) mass is 456 g/mol. The van der Waals surface area contributed by atoms with E-state index in [1.807, 2.05) is 12.1 Å². The molecule has 1 saturated carbocycles. The Morgan fingerprint density at radius 1 is 1.23 bits per heavy atom. The lowest BCUT2D eigenvalue weighted by atomic mass is 9.95. The number of nitrogens with one attached hydrogen (secondary N) is 1. The number of aromatic nitrogens is 2. The zero-order chi connectivity index (χ0) is 21.8. The van der Waals surface area contributed by atoms with Crippen LogP contribution in [0.15, 0.2) is 34.1 Å². The summed E-state index contributed by atoms with van der Waals surface area (Å²) in [6, 6.07) is 5.79. The van der Waals surface area contributed by atoms with E-state index >= 15 is 0 Å². The summed E-state index contributed by atoms with van der Waals surface area (Å²) < 4.78 is 2.09. The van der Waals surface area contributed by atoms with Crippen molar-refractivity contribution < 1.29 is 4.79 Å². The van der Waals surface area contributed by atoms with Gasteiger partial charge in [0.05, 0.1) is 10.5 Å². The van der Waals surface area contributed by atoms with Crippen LogP contribution in [0.3, 0.4) is 0 Å². The van der Waals surface area contributed by atoms with Gasteiger partial charge in [0.25, 0.3) is 11.5 Å². The highest BCUT2D eigenvalue weighted by molar-refractivity contribution is 8.26.